The topological polar surface area (TPSA) is 80.1 Å². The fourth-order valence-corrected chi connectivity index (χ4v) is 2.07. The third kappa shape index (κ3) is 4.42. The molecular formula is C14H19ClFN3O2. The second kappa shape index (κ2) is 7.97. The third-order valence-electron chi connectivity index (χ3n) is 3.11. The molecule has 0 fully saturated rings. The Balaban J connectivity index is 0.00000220. The zero-order valence-corrected chi connectivity index (χ0v) is 12.5. The highest BCUT2D eigenvalue weighted by atomic mass is 35.5. The number of rotatable bonds is 6. The van der Waals surface area contributed by atoms with Gasteiger partial charge in [-0.25, -0.2) is 4.39 Å². The van der Waals surface area contributed by atoms with Gasteiger partial charge in [0.15, 0.2) is 0 Å². The molecule has 5 nitrogen and oxygen atoms in total. The molecule has 1 atom stereocenters. The van der Waals surface area contributed by atoms with E-state index in [-0.39, 0.29) is 30.7 Å². The number of hydrogen-bond donors (Lipinski definition) is 3. The van der Waals surface area contributed by atoms with Crippen molar-refractivity contribution in [1.29, 1.82) is 0 Å². The molecule has 1 unspecified atom stereocenters. The number of amides is 1. The highest BCUT2D eigenvalue weighted by molar-refractivity contribution is 5.85. The Kier molecular flexibility index (Phi) is 6.61. The summed E-state index contributed by atoms with van der Waals surface area (Å²) in [7, 11) is 1.50. The van der Waals surface area contributed by atoms with Crippen molar-refractivity contribution in [3.05, 3.63) is 35.8 Å². The lowest BCUT2D eigenvalue weighted by Gasteiger charge is -2.10. The van der Waals surface area contributed by atoms with Gasteiger partial charge in [-0.1, -0.05) is 0 Å². The van der Waals surface area contributed by atoms with Crippen molar-refractivity contribution in [2.75, 3.05) is 20.3 Å². The van der Waals surface area contributed by atoms with E-state index in [1.165, 1.54) is 19.2 Å². The highest BCUT2D eigenvalue weighted by Crippen LogP contribution is 2.19. The minimum atomic E-state index is -0.655. The number of carbonyl (C=O) groups is 1. The molecule has 116 valence electrons. The zero-order chi connectivity index (χ0) is 14.5. The molecule has 0 radical (unpaired) electrons. The van der Waals surface area contributed by atoms with Gasteiger partial charge in [-0.3, -0.25) is 4.79 Å². The molecule has 0 saturated heterocycles. The molecule has 1 aromatic carbocycles. The number of ether oxygens (including phenoxy) is 1. The van der Waals surface area contributed by atoms with Crippen LogP contribution in [0, 0.1) is 5.82 Å². The van der Waals surface area contributed by atoms with Crippen molar-refractivity contribution < 1.29 is 13.9 Å². The van der Waals surface area contributed by atoms with Gasteiger partial charge in [0.2, 0.25) is 5.91 Å². The Hall–Kier alpha value is -1.63. The predicted octanol–water partition coefficient (Wildman–Crippen LogP) is 1.36. The molecule has 4 N–H and O–H groups in total. The van der Waals surface area contributed by atoms with Gasteiger partial charge < -0.3 is 20.8 Å². The molecule has 1 amide bonds. The van der Waals surface area contributed by atoms with Crippen molar-refractivity contribution in [3.63, 3.8) is 0 Å². The minimum absolute atomic E-state index is 0. The first-order chi connectivity index (χ1) is 9.61. The minimum Gasteiger partial charge on any atom is -0.383 e. The number of hydrogen-bond acceptors (Lipinski definition) is 3. The average molecular weight is 316 g/mol. The lowest BCUT2D eigenvalue weighted by Crippen LogP contribution is -2.44. The summed E-state index contributed by atoms with van der Waals surface area (Å²) in [5, 5.41) is 3.71. The molecule has 0 bridgehead atoms. The molecule has 21 heavy (non-hydrogen) atoms. The van der Waals surface area contributed by atoms with Crippen LogP contribution in [-0.2, 0) is 16.0 Å². The summed E-state index contributed by atoms with van der Waals surface area (Å²) in [5.41, 5.74) is 7.39. The van der Waals surface area contributed by atoms with Crippen molar-refractivity contribution in [2.45, 2.75) is 12.5 Å². The first-order valence-electron chi connectivity index (χ1n) is 6.39. The SMILES string of the molecule is COCC(N)C(=O)NCCc1c[nH]c2cc(F)ccc12.Cl. The van der Waals surface area contributed by atoms with Crippen LogP contribution in [0.4, 0.5) is 4.39 Å². The van der Waals surface area contributed by atoms with E-state index in [1.807, 2.05) is 6.20 Å². The molecular weight excluding hydrogens is 297 g/mol. The maximum Gasteiger partial charge on any atom is 0.239 e. The largest absolute Gasteiger partial charge is 0.383 e. The number of halogens is 2. The maximum absolute atomic E-state index is 13.1. The number of aromatic nitrogens is 1. The Morgan fingerprint density at radius 3 is 3.00 bits per heavy atom. The van der Waals surface area contributed by atoms with E-state index in [9.17, 15) is 9.18 Å². The second-order valence-electron chi connectivity index (χ2n) is 4.61. The Morgan fingerprint density at radius 1 is 1.52 bits per heavy atom. The van der Waals surface area contributed by atoms with E-state index in [0.29, 0.717) is 13.0 Å². The standard InChI is InChI=1S/C14H18FN3O2.ClH/c1-20-8-12(16)14(19)17-5-4-9-7-18-13-6-10(15)2-3-11(9)13;/h2-3,6-7,12,18H,4-5,8,16H2,1H3,(H,17,19);1H. The number of fused-ring (bicyclic) bond motifs is 1. The Bertz CT molecular complexity index is 603. The van der Waals surface area contributed by atoms with Crippen molar-refractivity contribution in [3.8, 4) is 0 Å². The van der Waals surface area contributed by atoms with Crippen LogP contribution in [-0.4, -0.2) is 37.2 Å². The molecule has 0 aliphatic heterocycles. The highest BCUT2D eigenvalue weighted by Gasteiger charge is 2.12. The summed E-state index contributed by atoms with van der Waals surface area (Å²) in [4.78, 5) is 14.6. The van der Waals surface area contributed by atoms with Gasteiger partial charge in [0.1, 0.15) is 11.9 Å². The summed E-state index contributed by atoms with van der Waals surface area (Å²) in [6.45, 7) is 0.665. The van der Waals surface area contributed by atoms with Crippen LogP contribution in [0.2, 0.25) is 0 Å². The average Bonchev–Trinajstić information content (AvgIpc) is 2.81. The van der Waals surface area contributed by atoms with Gasteiger partial charge >= 0.3 is 0 Å². The van der Waals surface area contributed by atoms with Gasteiger partial charge in [0, 0.05) is 30.8 Å². The second-order valence-corrected chi connectivity index (χ2v) is 4.61. The fraction of sp³-hybridized carbons (Fsp3) is 0.357. The number of nitrogens with one attached hydrogen (secondary N) is 2. The molecule has 0 aliphatic rings. The van der Waals surface area contributed by atoms with E-state index in [4.69, 9.17) is 10.5 Å². The summed E-state index contributed by atoms with van der Waals surface area (Å²) in [6.07, 6.45) is 2.47. The Labute approximate surface area is 128 Å². The molecule has 7 heteroatoms. The number of H-pyrrole nitrogens is 1. The normalized spacial score (nSPS) is 12.0. The van der Waals surface area contributed by atoms with Crippen LogP contribution in [0.3, 0.4) is 0 Å². The maximum atomic E-state index is 13.1. The van der Waals surface area contributed by atoms with Crippen molar-refractivity contribution >= 4 is 29.2 Å². The van der Waals surface area contributed by atoms with Gasteiger partial charge in [-0.15, -0.1) is 12.4 Å². The van der Waals surface area contributed by atoms with E-state index in [1.54, 1.807) is 6.07 Å². The lowest BCUT2D eigenvalue weighted by molar-refractivity contribution is -0.123. The first kappa shape index (κ1) is 17.4. The molecule has 2 aromatic rings. The molecule has 0 saturated carbocycles. The van der Waals surface area contributed by atoms with Gasteiger partial charge in [0.05, 0.1) is 6.61 Å². The third-order valence-corrected chi connectivity index (χ3v) is 3.11. The van der Waals surface area contributed by atoms with E-state index in [2.05, 4.69) is 10.3 Å². The quantitative estimate of drug-likeness (QED) is 0.753. The number of benzene rings is 1. The monoisotopic (exact) mass is 315 g/mol. The first-order valence-corrected chi connectivity index (χ1v) is 6.39. The van der Waals surface area contributed by atoms with Gasteiger partial charge in [-0.05, 0) is 30.2 Å². The van der Waals surface area contributed by atoms with Crippen LogP contribution in [0.15, 0.2) is 24.4 Å². The van der Waals surface area contributed by atoms with Crippen molar-refractivity contribution in [2.24, 2.45) is 5.73 Å². The molecule has 1 aromatic heterocycles. The summed E-state index contributed by atoms with van der Waals surface area (Å²) < 4.78 is 17.9. The molecule has 2 rings (SSSR count). The zero-order valence-electron chi connectivity index (χ0n) is 11.7. The lowest BCUT2D eigenvalue weighted by atomic mass is 10.1. The summed E-state index contributed by atoms with van der Waals surface area (Å²) in [5.74, 6) is -0.512. The van der Waals surface area contributed by atoms with Gasteiger partial charge in [0.25, 0.3) is 0 Å². The van der Waals surface area contributed by atoms with Crippen LogP contribution in [0.1, 0.15) is 5.56 Å². The number of aromatic amines is 1. The van der Waals surface area contributed by atoms with Crippen LogP contribution in [0.25, 0.3) is 10.9 Å². The smallest absolute Gasteiger partial charge is 0.239 e. The van der Waals surface area contributed by atoms with Crippen LogP contribution in [0.5, 0.6) is 0 Å². The van der Waals surface area contributed by atoms with Crippen molar-refractivity contribution in [1.82, 2.24) is 10.3 Å². The summed E-state index contributed by atoms with van der Waals surface area (Å²) >= 11 is 0. The predicted molar refractivity (Wildman–Crippen MR) is 82.1 cm³/mol. The number of carbonyl (C=O) groups excluding carboxylic acids is 1. The molecule has 1 heterocycles. The number of nitrogens with two attached hydrogens (primary N) is 1. The van der Waals surface area contributed by atoms with Crippen LogP contribution < -0.4 is 11.1 Å². The molecule has 0 spiro atoms. The van der Waals surface area contributed by atoms with E-state index < -0.39 is 6.04 Å². The summed E-state index contributed by atoms with van der Waals surface area (Å²) in [6, 6.07) is 3.95. The molecule has 0 aliphatic carbocycles. The Morgan fingerprint density at radius 2 is 2.29 bits per heavy atom. The van der Waals surface area contributed by atoms with Gasteiger partial charge in [-0.2, -0.15) is 0 Å². The fourth-order valence-electron chi connectivity index (χ4n) is 2.07. The number of methoxy groups -OCH3 is 1. The van der Waals surface area contributed by atoms with Crippen LogP contribution >= 0.6 is 12.4 Å². The van der Waals surface area contributed by atoms with E-state index >= 15 is 0 Å². The van der Waals surface area contributed by atoms with E-state index in [0.717, 1.165) is 16.5 Å².